The van der Waals surface area contributed by atoms with Gasteiger partial charge in [-0.2, -0.15) is 0 Å². The molecule has 1 amide bonds. The summed E-state index contributed by atoms with van der Waals surface area (Å²) in [6.07, 6.45) is 3.19. The van der Waals surface area contributed by atoms with E-state index in [4.69, 9.17) is 0 Å². The molecule has 2 aromatic rings. The molecule has 4 rings (SSSR count). The Morgan fingerprint density at radius 3 is 2.31 bits per heavy atom. The first-order chi connectivity index (χ1) is 13.6. The van der Waals surface area contributed by atoms with Crippen molar-refractivity contribution in [2.75, 3.05) is 11.3 Å². The number of carbonyl (C=O) groups is 1. The van der Waals surface area contributed by atoms with E-state index >= 15 is 0 Å². The Balaban J connectivity index is 1.52. The van der Waals surface area contributed by atoms with Crippen LogP contribution >= 0.6 is 0 Å². The van der Waals surface area contributed by atoms with Gasteiger partial charge < -0.3 is 4.90 Å². The largest absolute Gasteiger partial charge is 0.335 e. The van der Waals surface area contributed by atoms with Crippen LogP contribution in [0.2, 0.25) is 0 Å². The van der Waals surface area contributed by atoms with E-state index in [1.165, 1.54) is 12.1 Å². The summed E-state index contributed by atoms with van der Waals surface area (Å²) in [5.41, 5.74) is 1.46. The van der Waals surface area contributed by atoms with Gasteiger partial charge >= 0.3 is 0 Å². The Morgan fingerprint density at radius 2 is 1.66 bits per heavy atom. The SMILES string of the molecule is CC1(C)CC2CC(C)(CN2C(=O)c2ccc(S(=O)(=O)Nc3ccccc3)cc2)C1. The van der Waals surface area contributed by atoms with Gasteiger partial charge in [-0.05, 0) is 66.5 Å². The Hall–Kier alpha value is -2.34. The molecule has 0 spiro atoms. The number of likely N-dealkylation sites (tertiary alicyclic amines) is 1. The Bertz CT molecular complexity index is 1020. The number of anilines is 1. The lowest BCUT2D eigenvalue weighted by molar-refractivity contribution is 0.0708. The fourth-order valence-corrected chi connectivity index (χ4v) is 6.42. The molecule has 1 saturated carbocycles. The second-order valence-electron chi connectivity index (χ2n) is 9.64. The molecule has 2 unspecified atom stereocenters. The number of carbonyl (C=O) groups excluding carboxylic acids is 1. The normalized spacial score (nSPS) is 25.6. The zero-order valence-corrected chi connectivity index (χ0v) is 18.0. The number of hydrogen-bond donors (Lipinski definition) is 1. The summed E-state index contributed by atoms with van der Waals surface area (Å²) in [7, 11) is -3.69. The van der Waals surface area contributed by atoms with Gasteiger partial charge in [0.2, 0.25) is 0 Å². The Labute approximate surface area is 173 Å². The van der Waals surface area contributed by atoms with E-state index in [1.54, 1.807) is 36.4 Å². The number of amides is 1. The molecule has 1 saturated heterocycles. The zero-order valence-electron chi connectivity index (χ0n) is 17.2. The molecule has 1 aliphatic heterocycles. The van der Waals surface area contributed by atoms with Crippen LogP contribution in [0.3, 0.4) is 0 Å². The number of para-hydroxylation sites is 1. The molecule has 1 aliphatic carbocycles. The summed E-state index contributed by atoms with van der Waals surface area (Å²) in [5, 5.41) is 0. The molecule has 154 valence electrons. The van der Waals surface area contributed by atoms with Crippen LogP contribution in [-0.4, -0.2) is 31.8 Å². The minimum absolute atomic E-state index is 0.00334. The zero-order chi connectivity index (χ0) is 20.9. The third-order valence-corrected chi connectivity index (χ3v) is 7.51. The number of benzene rings is 2. The molecular formula is C23H28N2O3S. The van der Waals surface area contributed by atoms with Crippen molar-refractivity contribution in [1.29, 1.82) is 0 Å². The van der Waals surface area contributed by atoms with E-state index in [1.807, 2.05) is 11.0 Å². The molecule has 5 nitrogen and oxygen atoms in total. The molecule has 1 N–H and O–H groups in total. The highest BCUT2D eigenvalue weighted by molar-refractivity contribution is 7.92. The van der Waals surface area contributed by atoms with Crippen LogP contribution < -0.4 is 4.72 Å². The number of sulfonamides is 1. The molecule has 2 fully saturated rings. The third-order valence-electron chi connectivity index (χ3n) is 6.11. The van der Waals surface area contributed by atoms with Crippen molar-refractivity contribution in [2.45, 2.75) is 51.0 Å². The number of hydrogen-bond acceptors (Lipinski definition) is 3. The van der Waals surface area contributed by atoms with Crippen molar-refractivity contribution in [3.63, 3.8) is 0 Å². The first kappa shape index (κ1) is 20.0. The highest BCUT2D eigenvalue weighted by Crippen LogP contribution is 2.52. The van der Waals surface area contributed by atoms with Gasteiger partial charge in [-0.3, -0.25) is 9.52 Å². The predicted molar refractivity (Wildman–Crippen MR) is 114 cm³/mol. The van der Waals surface area contributed by atoms with Gasteiger partial charge in [0.15, 0.2) is 0 Å². The van der Waals surface area contributed by atoms with Crippen LogP contribution in [-0.2, 0) is 10.0 Å². The Morgan fingerprint density at radius 1 is 1.00 bits per heavy atom. The lowest BCUT2D eigenvalue weighted by Gasteiger charge is -2.39. The number of nitrogens with zero attached hydrogens (tertiary/aromatic N) is 1. The van der Waals surface area contributed by atoms with Gasteiger partial charge in [0.25, 0.3) is 15.9 Å². The highest BCUT2D eigenvalue weighted by Gasteiger charge is 2.51. The fourth-order valence-electron chi connectivity index (χ4n) is 5.36. The van der Waals surface area contributed by atoms with Crippen molar-refractivity contribution in [3.05, 3.63) is 60.2 Å². The summed E-state index contributed by atoms with van der Waals surface area (Å²) in [6, 6.07) is 15.3. The van der Waals surface area contributed by atoms with E-state index in [2.05, 4.69) is 25.5 Å². The average Bonchev–Trinajstić information content (AvgIpc) is 2.90. The van der Waals surface area contributed by atoms with Crippen LogP contribution in [0.4, 0.5) is 5.69 Å². The van der Waals surface area contributed by atoms with E-state index in [9.17, 15) is 13.2 Å². The quantitative estimate of drug-likeness (QED) is 0.802. The second kappa shape index (κ2) is 6.87. The van der Waals surface area contributed by atoms with Gasteiger partial charge in [-0.25, -0.2) is 8.42 Å². The maximum absolute atomic E-state index is 13.2. The molecule has 2 aromatic carbocycles. The smallest absolute Gasteiger partial charge is 0.261 e. The molecule has 2 atom stereocenters. The maximum atomic E-state index is 13.2. The van der Waals surface area contributed by atoms with Crippen molar-refractivity contribution < 1.29 is 13.2 Å². The molecule has 0 radical (unpaired) electrons. The van der Waals surface area contributed by atoms with Crippen LogP contribution in [0.1, 0.15) is 50.4 Å². The van der Waals surface area contributed by atoms with Crippen molar-refractivity contribution in [3.8, 4) is 0 Å². The molecule has 0 aromatic heterocycles. The highest BCUT2D eigenvalue weighted by atomic mass is 32.2. The summed E-state index contributed by atoms with van der Waals surface area (Å²) < 4.78 is 27.8. The molecule has 1 heterocycles. The van der Waals surface area contributed by atoms with Crippen LogP contribution in [0.25, 0.3) is 0 Å². The van der Waals surface area contributed by atoms with Gasteiger partial charge in [0, 0.05) is 23.8 Å². The predicted octanol–water partition coefficient (Wildman–Crippen LogP) is 4.53. The van der Waals surface area contributed by atoms with Gasteiger partial charge in [0.05, 0.1) is 4.90 Å². The van der Waals surface area contributed by atoms with Crippen molar-refractivity contribution in [2.24, 2.45) is 10.8 Å². The Kier molecular flexibility index (Phi) is 4.73. The number of rotatable bonds is 4. The second-order valence-corrected chi connectivity index (χ2v) is 11.3. The lowest BCUT2D eigenvalue weighted by Crippen LogP contribution is -2.37. The van der Waals surface area contributed by atoms with E-state index in [0.717, 1.165) is 25.8 Å². The van der Waals surface area contributed by atoms with Crippen molar-refractivity contribution >= 4 is 21.6 Å². The molecule has 2 bridgehead atoms. The molecule has 2 aliphatic rings. The number of nitrogens with one attached hydrogen (secondary N) is 1. The topological polar surface area (TPSA) is 66.5 Å². The van der Waals surface area contributed by atoms with E-state index in [0.29, 0.717) is 11.3 Å². The fraction of sp³-hybridized carbons (Fsp3) is 0.435. The van der Waals surface area contributed by atoms with Gasteiger partial charge in [0.1, 0.15) is 0 Å². The third kappa shape index (κ3) is 4.04. The summed E-state index contributed by atoms with van der Waals surface area (Å²) in [4.78, 5) is 15.3. The minimum Gasteiger partial charge on any atom is -0.335 e. The van der Waals surface area contributed by atoms with Crippen LogP contribution in [0.5, 0.6) is 0 Å². The van der Waals surface area contributed by atoms with Crippen LogP contribution in [0, 0.1) is 10.8 Å². The van der Waals surface area contributed by atoms with Crippen LogP contribution in [0.15, 0.2) is 59.5 Å². The molecule has 6 heteroatoms. The first-order valence-electron chi connectivity index (χ1n) is 10.1. The van der Waals surface area contributed by atoms with Gasteiger partial charge in [-0.15, -0.1) is 0 Å². The monoisotopic (exact) mass is 412 g/mol. The summed E-state index contributed by atoms with van der Waals surface area (Å²) in [5.74, 6) is -0.00334. The summed E-state index contributed by atoms with van der Waals surface area (Å²) >= 11 is 0. The molecule has 29 heavy (non-hydrogen) atoms. The maximum Gasteiger partial charge on any atom is 0.261 e. The lowest BCUT2D eigenvalue weighted by atomic mass is 9.65. The van der Waals surface area contributed by atoms with E-state index in [-0.39, 0.29) is 27.7 Å². The number of fused-ring (bicyclic) bond motifs is 2. The average molecular weight is 413 g/mol. The van der Waals surface area contributed by atoms with E-state index < -0.39 is 10.0 Å². The summed E-state index contributed by atoms with van der Waals surface area (Å²) in [6.45, 7) is 7.62. The molecular weight excluding hydrogens is 384 g/mol. The standard InChI is InChI=1S/C23H28N2O3S/c1-22(2)13-19-14-23(3,15-22)16-25(19)21(26)17-9-11-20(12-10-17)29(27,28)24-18-7-5-4-6-8-18/h4-12,19,24H,13-16H2,1-3H3. The first-order valence-corrected chi connectivity index (χ1v) is 11.5. The van der Waals surface area contributed by atoms with Crippen molar-refractivity contribution in [1.82, 2.24) is 4.90 Å². The minimum atomic E-state index is -3.69. The van der Waals surface area contributed by atoms with Gasteiger partial charge in [-0.1, -0.05) is 39.0 Å².